The number of rotatable bonds is 7. The predicted molar refractivity (Wildman–Crippen MR) is 86.8 cm³/mol. The second-order valence-electron chi connectivity index (χ2n) is 4.32. The van der Waals surface area contributed by atoms with Crippen molar-refractivity contribution < 1.29 is 4.79 Å². The molecule has 2 aromatic heterocycles. The topological polar surface area (TPSA) is 66.7 Å². The first-order valence-electron chi connectivity index (χ1n) is 6.43. The number of hydrogen-bond donors (Lipinski definition) is 1. The van der Waals surface area contributed by atoms with Gasteiger partial charge in [-0.1, -0.05) is 6.07 Å². The quantitative estimate of drug-likeness (QED) is 0.631. The number of nitrogens with one attached hydrogen (secondary N) is 1. The van der Waals surface area contributed by atoms with Crippen molar-refractivity contribution in [1.82, 2.24) is 10.3 Å². The molecule has 0 saturated heterocycles. The van der Waals surface area contributed by atoms with Gasteiger partial charge in [0.05, 0.1) is 17.2 Å². The molecule has 0 saturated carbocycles. The summed E-state index contributed by atoms with van der Waals surface area (Å²) in [7, 11) is 0. The highest BCUT2D eigenvalue weighted by Gasteiger charge is 2.10. The summed E-state index contributed by atoms with van der Waals surface area (Å²) in [6.45, 7) is 5.86. The molecule has 0 radical (unpaired) electrons. The average Bonchev–Trinajstić information content (AvgIpc) is 3.00. The lowest BCUT2D eigenvalue weighted by molar-refractivity contribution is -0.102. The van der Waals surface area contributed by atoms with Crippen LogP contribution in [0.2, 0.25) is 0 Å². The molecular weight excluding hydrogens is 284 g/mol. The number of aromatic nitrogens is 1. The van der Waals surface area contributed by atoms with Gasteiger partial charge in [0.15, 0.2) is 6.29 Å². The Bertz CT molecular complexity index is 636. The highest BCUT2D eigenvalue weighted by molar-refractivity contribution is 7.13. The Labute approximate surface area is 127 Å². The van der Waals surface area contributed by atoms with Gasteiger partial charge in [0.1, 0.15) is 5.71 Å². The van der Waals surface area contributed by atoms with E-state index in [-0.39, 0.29) is 6.04 Å². The monoisotopic (exact) mass is 300 g/mol. The first-order valence-corrected chi connectivity index (χ1v) is 7.31. The highest BCUT2D eigenvalue weighted by atomic mass is 32.1. The smallest absolute Gasteiger partial charge is 0.169 e. The lowest BCUT2D eigenvalue weighted by Gasteiger charge is -2.11. The minimum atomic E-state index is 0.107. The third-order valence-electron chi connectivity index (χ3n) is 2.99. The SMILES string of the molecule is C=Nc1ccsc1/C(C=O)=N\CNC(C)c1cccnc1. The average molecular weight is 300 g/mol. The van der Waals surface area contributed by atoms with Crippen molar-refractivity contribution >= 4 is 35.7 Å². The Morgan fingerprint density at radius 2 is 2.43 bits per heavy atom. The van der Waals surface area contributed by atoms with Crippen LogP contribution in [0, 0.1) is 0 Å². The zero-order valence-corrected chi connectivity index (χ0v) is 12.5. The van der Waals surface area contributed by atoms with Crippen molar-refractivity contribution in [1.29, 1.82) is 0 Å². The first-order chi connectivity index (χ1) is 10.3. The highest BCUT2D eigenvalue weighted by Crippen LogP contribution is 2.25. The molecule has 2 rings (SSSR count). The molecule has 0 amide bonds. The predicted octanol–water partition coefficient (Wildman–Crippen LogP) is 2.77. The van der Waals surface area contributed by atoms with E-state index in [4.69, 9.17) is 0 Å². The van der Waals surface area contributed by atoms with Gasteiger partial charge in [-0.25, -0.2) is 0 Å². The first kappa shape index (κ1) is 15.2. The van der Waals surface area contributed by atoms with Crippen LogP contribution in [0.15, 0.2) is 46.0 Å². The summed E-state index contributed by atoms with van der Waals surface area (Å²) in [5.41, 5.74) is 2.15. The van der Waals surface area contributed by atoms with Crippen molar-refractivity contribution in [3.63, 3.8) is 0 Å². The molecule has 0 aliphatic heterocycles. The number of pyridine rings is 1. The summed E-state index contributed by atoms with van der Waals surface area (Å²) in [5.74, 6) is 0. The van der Waals surface area contributed by atoms with Crippen molar-refractivity contribution in [2.45, 2.75) is 13.0 Å². The fourth-order valence-electron chi connectivity index (χ4n) is 1.80. The second-order valence-corrected chi connectivity index (χ2v) is 5.24. The Hall–Kier alpha value is -2.18. The zero-order valence-electron chi connectivity index (χ0n) is 11.7. The summed E-state index contributed by atoms with van der Waals surface area (Å²) >= 11 is 1.43. The van der Waals surface area contributed by atoms with Crippen LogP contribution in [-0.2, 0) is 4.79 Å². The van der Waals surface area contributed by atoms with Crippen molar-refractivity contribution in [2.24, 2.45) is 9.98 Å². The lowest BCUT2D eigenvalue weighted by atomic mass is 10.1. The zero-order chi connectivity index (χ0) is 15.1. The van der Waals surface area contributed by atoms with Gasteiger partial charge in [0, 0.05) is 18.4 Å². The maximum atomic E-state index is 11.2. The Kier molecular flexibility index (Phi) is 5.48. The molecule has 0 aromatic carbocycles. The lowest BCUT2D eigenvalue weighted by Crippen LogP contribution is -2.20. The summed E-state index contributed by atoms with van der Waals surface area (Å²) < 4.78 is 0. The molecule has 0 aliphatic carbocycles. The molecule has 2 heterocycles. The Morgan fingerprint density at radius 1 is 1.57 bits per heavy atom. The van der Waals surface area contributed by atoms with Gasteiger partial charge in [0.2, 0.25) is 0 Å². The van der Waals surface area contributed by atoms with Crippen LogP contribution >= 0.6 is 11.3 Å². The van der Waals surface area contributed by atoms with Crippen LogP contribution in [0.5, 0.6) is 0 Å². The van der Waals surface area contributed by atoms with Crippen molar-refractivity contribution in [3.05, 3.63) is 46.4 Å². The number of aliphatic imine (C=N–C) groups is 2. The van der Waals surface area contributed by atoms with Crippen LogP contribution in [0.3, 0.4) is 0 Å². The number of nitrogens with zero attached hydrogens (tertiary/aromatic N) is 3. The number of carbonyl (C=O) groups excluding carboxylic acids is 1. The van der Waals surface area contributed by atoms with Gasteiger partial charge >= 0.3 is 0 Å². The third-order valence-corrected chi connectivity index (χ3v) is 3.92. The molecule has 0 spiro atoms. The summed E-state index contributed by atoms with van der Waals surface area (Å²) in [6.07, 6.45) is 4.29. The van der Waals surface area contributed by atoms with E-state index in [1.807, 2.05) is 30.5 Å². The minimum Gasteiger partial charge on any atom is -0.296 e. The number of thiophene rings is 1. The number of aldehydes is 1. The Morgan fingerprint density at radius 3 is 3.10 bits per heavy atom. The molecule has 0 aliphatic rings. The van der Waals surface area contributed by atoms with Gasteiger partial charge in [0.25, 0.3) is 0 Å². The van der Waals surface area contributed by atoms with E-state index in [2.05, 4.69) is 27.0 Å². The maximum absolute atomic E-state index is 11.2. The van der Waals surface area contributed by atoms with Crippen molar-refractivity contribution in [2.75, 3.05) is 6.67 Å². The maximum Gasteiger partial charge on any atom is 0.169 e. The van der Waals surface area contributed by atoms with Crippen LogP contribution in [0.4, 0.5) is 5.69 Å². The molecular formula is C15H16N4OS. The normalized spacial score (nSPS) is 12.9. The molecule has 108 valence electrons. The second kappa shape index (κ2) is 7.56. The van der Waals surface area contributed by atoms with Crippen LogP contribution in [-0.4, -0.2) is 30.4 Å². The fourth-order valence-corrected chi connectivity index (χ4v) is 2.62. The van der Waals surface area contributed by atoms with E-state index in [1.165, 1.54) is 11.3 Å². The van der Waals surface area contributed by atoms with Gasteiger partial charge in [-0.2, -0.15) is 0 Å². The van der Waals surface area contributed by atoms with E-state index in [0.717, 1.165) is 16.7 Å². The minimum absolute atomic E-state index is 0.107. The van der Waals surface area contributed by atoms with E-state index in [0.29, 0.717) is 18.1 Å². The largest absolute Gasteiger partial charge is 0.296 e. The van der Waals surface area contributed by atoms with Gasteiger partial charge in [-0.05, 0) is 36.7 Å². The van der Waals surface area contributed by atoms with Crippen LogP contribution < -0.4 is 5.32 Å². The molecule has 21 heavy (non-hydrogen) atoms. The standard InChI is InChI=1S/C15H16N4OS/c1-11(12-4-3-6-17-8-12)18-10-19-14(9-20)15-13(16-2)5-7-21-15/h3-9,11,18H,2,10H2,1H3/b19-14-. The van der Waals surface area contributed by atoms with Crippen LogP contribution in [0.1, 0.15) is 23.4 Å². The van der Waals surface area contributed by atoms with E-state index in [9.17, 15) is 4.79 Å². The van der Waals surface area contributed by atoms with Gasteiger partial charge < -0.3 is 0 Å². The fraction of sp³-hybridized carbons (Fsp3) is 0.200. The Balaban J connectivity index is 2.02. The molecule has 2 aromatic rings. The molecule has 1 atom stereocenters. The third kappa shape index (κ3) is 3.90. The molecule has 1 N–H and O–H groups in total. The number of carbonyl (C=O) groups is 1. The van der Waals surface area contributed by atoms with E-state index >= 15 is 0 Å². The van der Waals surface area contributed by atoms with E-state index < -0.39 is 0 Å². The molecule has 5 nitrogen and oxygen atoms in total. The molecule has 6 heteroatoms. The van der Waals surface area contributed by atoms with Crippen molar-refractivity contribution in [3.8, 4) is 0 Å². The summed E-state index contributed by atoms with van der Waals surface area (Å²) in [5, 5.41) is 5.10. The molecule has 0 bridgehead atoms. The van der Waals surface area contributed by atoms with Gasteiger partial charge in [-0.15, -0.1) is 11.3 Å². The summed E-state index contributed by atoms with van der Waals surface area (Å²) in [4.78, 5) is 24.2. The summed E-state index contributed by atoms with van der Waals surface area (Å²) in [6, 6.07) is 5.81. The van der Waals surface area contributed by atoms with E-state index in [1.54, 1.807) is 12.4 Å². The van der Waals surface area contributed by atoms with Gasteiger partial charge in [-0.3, -0.25) is 25.1 Å². The molecule has 0 fully saturated rings. The van der Waals surface area contributed by atoms with Crippen LogP contribution in [0.25, 0.3) is 0 Å². The number of hydrogen-bond acceptors (Lipinski definition) is 6. The molecule has 1 unspecified atom stereocenters.